The monoisotopic (exact) mass is 322 g/mol. The van der Waals surface area contributed by atoms with Crippen molar-refractivity contribution in [2.24, 2.45) is 5.92 Å². The van der Waals surface area contributed by atoms with Crippen molar-refractivity contribution in [3.05, 3.63) is 0 Å². The van der Waals surface area contributed by atoms with Gasteiger partial charge in [-0.3, -0.25) is 0 Å². The van der Waals surface area contributed by atoms with E-state index in [4.69, 9.17) is 0 Å². The van der Waals surface area contributed by atoms with Crippen LogP contribution in [0.15, 0.2) is 0 Å². The van der Waals surface area contributed by atoms with Gasteiger partial charge in [-0.1, -0.05) is 19.3 Å². The van der Waals surface area contributed by atoms with Gasteiger partial charge in [-0.25, -0.2) is 0 Å². The fourth-order valence-corrected chi connectivity index (χ4v) is 3.73. The Balaban J connectivity index is 1.72. The van der Waals surface area contributed by atoms with Gasteiger partial charge in [-0.15, -0.1) is 0 Å². The van der Waals surface area contributed by atoms with Crippen LogP contribution in [0.25, 0.3) is 0 Å². The Labute approximate surface area is 131 Å². The van der Waals surface area contributed by atoms with Crippen LogP contribution >= 0.6 is 0 Å². The average Bonchev–Trinajstić information content (AvgIpc) is 2.71. The van der Waals surface area contributed by atoms with E-state index < -0.39 is 12.6 Å². The lowest BCUT2D eigenvalue weighted by Gasteiger charge is -2.36. The maximum atomic E-state index is 12.3. The zero-order chi connectivity index (χ0) is 16.0. The lowest BCUT2D eigenvalue weighted by molar-refractivity contribution is -0.138. The highest BCUT2D eigenvalue weighted by atomic mass is 19.4. The maximum absolute atomic E-state index is 12.3. The van der Waals surface area contributed by atoms with E-state index in [9.17, 15) is 18.3 Å². The molecule has 0 radical (unpaired) electrons. The van der Waals surface area contributed by atoms with Crippen LogP contribution in [0.5, 0.6) is 0 Å². The number of alkyl halides is 3. The number of hydrogen-bond donors (Lipinski definition) is 2. The molecule has 0 aromatic heterocycles. The van der Waals surface area contributed by atoms with Gasteiger partial charge >= 0.3 is 6.18 Å². The van der Waals surface area contributed by atoms with Gasteiger partial charge < -0.3 is 15.3 Å². The molecule has 0 amide bonds. The number of nitrogens with one attached hydrogen (secondary N) is 1. The minimum atomic E-state index is -4.05. The number of piperidine rings is 1. The van der Waals surface area contributed by atoms with Crippen LogP contribution in [-0.2, 0) is 0 Å². The first kappa shape index (κ1) is 18.0. The largest absolute Gasteiger partial charge is 0.396 e. The maximum Gasteiger partial charge on any atom is 0.390 e. The molecule has 2 N–H and O–H groups in total. The van der Waals surface area contributed by atoms with Gasteiger partial charge in [-0.05, 0) is 44.7 Å². The Morgan fingerprint density at radius 3 is 2.32 bits per heavy atom. The first-order valence-corrected chi connectivity index (χ1v) is 8.64. The molecule has 2 atom stereocenters. The Hall–Kier alpha value is -0.330. The number of rotatable bonds is 5. The quantitative estimate of drug-likeness (QED) is 0.764. The summed E-state index contributed by atoms with van der Waals surface area (Å²) < 4.78 is 36.8. The molecule has 2 fully saturated rings. The van der Waals surface area contributed by atoms with Crippen molar-refractivity contribution < 1.29 is 18.3 Å². The van der Waals surface area contributed by atoms with E-state index in [0.29, 0.717) is 18.0 Å². The van der Waals surface area contributed by atoms with Crippen LogP contribution in [0, 0.1) is 5.92 Å². The Kier molecular flexibility index (Phi) is 6.96. The minimum absolute atomic E-state index is 0.124. The molecule has 1 saturated heterocycles. The molecular weight excluding hydrogens is 293 g/mol. The van der Waals surface area contributed by atoms with Crippen molar-refractivity contribution in [2.45, 2.75) is 69.6 Å². The third kappa shape index (κ3) is 6.05. The zero-order valence-electron chi connectivity index (χ0n) is 13.2. The molecule has 1 aliphatic heterocycles. The zero-order valence-corrected chi connectivity index (χ0v) is 13.2. The molecule has 0 unspecified atom stereocenters. The molecule has 0 spiro atoms. The smallest absolute Gasteiger partial charge is 0.390 e. The summed E-state index contributed by atoms with van der Waals surface area (Å²) in [6, 6.07) is 0.763. The van der Waals surface area contributed by atoms with Crippen LogP contribution in [0.4, 0.5) is 13.2 Å². The predicted molar refractivity (Wildman–Crippen MR) is 80.7 cm³/mol. The van der Waals surface area contributed by atoms with Crippen LogP contribution in [0.3, 0.4) is 0 Å². The fraction of sp³-hybridized carbons (Fsp3) is 1.00. The average molecular weight is 322 g/mol. The van der Waals surface area contributed by atoms with E-state index in [1.54, 1.807) is 0 Å². The van der Waals surface area contributed by atoms with Gasteiger partial charge in [0.2, 0.25) is 0 Å². The van der Waals surface area contributed by atoms with E-state index in [0.717, 1.165) is 38.8 Å². The molecule has 6 heteroatoms. The highest BCUT2D eigenvalue weighted by Crippen LogP contribution is 2.25. The number of halogens is 3. The number of hydrogen-bond acceptors (Lipinski definition) is 3. The molecule has 3 nitrogen and oxygen atoms in total. The summed E-state index contributed by atoms with van der Waals surface area (Å²) in [7, 11) is 0. The highest BCUT2D eigenvalue weighted by Gasteiger charge is 2.30. The SMILES string of the molecule is OC[C@H]1CCCCC[C@@H]1NC1CCN(CCC(F)(F)F)CC1. The molecule has 1 heterocycles. The van der Waals surface area contributed by atoms with E-state index in [1.807, 2.05) is 4.90 Å². The third-order valence-electron chi connectivity index (χ3n) is 5.14. The van der Waals surface area contributed by atoms with Crippen LogP contribution in [0.2, 0.25) is 0 Å². The van der Waals surface area contributed by atoms with Crippen molar-refractivity contribution in [1.82, 2.24) is 10.2 Å². The van der Waals surface area contributed by atoms with Crippen molar-refractivity contribution in [1.29, 1.82) is 0 Å². The Morgan fingerprint density at radius 1 is 1.00 bits per heavy atom. The topological polar surface area (TPSA) is 35.5 Å². The molecule has 2 rings (SSSR count). The third-order valence-corrected chi connectivity index (χ3v) is 5.14. The molecule has 130 valence electrons. The van der Waals surface area contributed by atoms with E-state index in [2.05, 4.69) is 5.32 Å². The van der Waals surface area contributed by atoms with Gasteiger partial charge in [0.15, 0.2) is 0 Å². The first-order chi connectivity index (χ1) is 10.5. The van der Waals surface area contributed by atoms with Gasteiger partial charge in [-0.2, -0.15) is 13.2 Å². The normalized spacial score (nSPS) is 29.5. The molecule has 22 heavy (non-hydrogen) atoms. The number of aliphatic hydroxyl groups is 1. The molecule has 0 bridgehead atoms. The summed E-state index contributed by atoms with van der Waals surface area (Å²) in [5, 5.41) is 13.2. The van der Waals surface area contributed by atoms with Gasteiger partial charge in [0.05, 0.1) is 6.42 Å². The number of aliphatic hydroxyl groups excluding tert-OH is 1. The number of likely N-dealkylation sites (tertiary alicyclic amines) is 1. The van der Waals surface area contributed by atoms with Crippen LogP contribution in [0.1, 0.15) is 51.4 Å². The number of nitrogens with zero attached hydrogens (tertiary/aromatic N) is 1. The first-order valence-electron chi connectivity index (χ1n) is 8.64. The molecule has 1 saturated carbocycles. The van der Waals surface area contributed by atoms with E-state index in [1.165, 1.54) is 19.3 Å². The van der Waals surface area contributed by atoms with Crippen molar-refractivity contribution in [3.8, 4) is 0 Å². The summed E-state index contributed by atoms with van der Waals surface area (Å²) >= 11 is 0. The molecule has 0 aromatic rings. The fourth-order valence-electron chi connectivity index (χ4n) is 3.73. The standard InChI is InChI=1S/C16H29F3N2O/c17-16(18,19)8-11-21-9-6-14(7-10-21)20-15-5-3-1-2-4-13(15)12-22/h13-15,20,22H,1-12H2/t13-,15+/m1/s1. The Morgan fingerprint density at radius 2 is 1.68 bits per heavy atom. The Bertz CT molecular complexity index is 317. The summed E-state index contributed by atoms with van der Waals surface area (Å²) in [5.74, 6) is 0.339. The van der Waals surface area contributed by atoms with Gasteiger partial charge in [0.1, 0.15) is 0 Å². The lowest BCUT2D eigenvalue weighted by atomic mass is 9.93. The lowest BCUT2D eigenvalue weighted by Crippen LogP contribution is -2.49. The van der Waals surface area contributed by atoms with Crippen molar-refractivity contribution >= 4 is 0 Å². The van der Waals surface area contributed by atoms with Crippen molar-refractivity contribution in [3.63, 3.8) is 0 Å². The summed E-state index contributed by atoms with van der Waals surface area (Å²) in [6.45, 7) is 1.84. The summed E-state index contributed by atoms with van der Waals surface area (Å²) in [6.07, 6.45) is 2.89. The second-order valence-electron chi connectivity index (χ2n) is 6.83. The summed E-state index contributed by atoms with van der Waals surface area (Å²) in [4.78, 5) is 1.92. The molecular formula is C16H29F3N2O. The summed E-state index contributed by atoms with van der Waals surface area (Å²) in [5.41, 5.74) is 0. The van der Waals surface area contributed by atoms with Gasteiger partial charge in [0, 0.05) is 25.2 Å². The molecule has 0 aromatic carbocycles. The van der Waals surface area contributed by atoms with Crippen LogP contribution in [-0.4, -0.2) is 54.5 Å². The second-order valence-corrected chi connectivity index (χ2v) is 6.83. The predicted octanol–water partition coefficient (Wildman–Crippen LogP) is 2.93. The van der Waals surface area contributed by atoms with E-state index in [-0.39, 0.29) is 13.2 Å². The van der Waals surface area contributed by atoms with Gasteiger partial charge in [0.25, 0.3) is 0 Å². The van der Waals surface area contributed by atoms with E-state index >= 15 is 0 Å². The highest BCUT2D eigenvalue weighted by molar-refractivity contribution is 4.85. The molecule has 1 aliphatic carbocycles. The second kappa shape index (κ2) is 8.50. The minimum Gasteiger partial charge on any atom is -0.396 e. The molecule has 2 aliphatic rings. The van der Waals surface area contributed by atoms with Crippen LogP contribution < -0.4 is 5.32 Å². The van der Waals surface area contributed by atoms with Crippen molar-refractivity contribution in [2.75, 3.05) is 26.2 Å².